The Hall–Kier alpha value is -3.16. The number of rotatable bonds is 6. The molecule has 23 heavy (non-hydrogen) atoms. The molecule has 120 valence electrons. The molecule has 1 aromatic carbocycles. The minimum Gasteiger partial charge on any atom is -0.488 e. The summed E-state index contributed by atoms with van der Waals surface area (Å²) in [5.74, 6) is -0.306. The Kier molecular flexibility index (Phi) is 5.08. The molecule has 0 aliphatic carbocycles. The molecule has 0 radical (unpaired) electrons. The largest absolute Gasteiger partial charge is 0.488 e. The van der Waals surface area contributed by atoms with Gasteiger partial charge in [0, 0.05) is 24.0 Å². The lowest BCUT2D eigenvalue weighted by Gasteiger charge is -2.09. The number of hydrogen-bond donors (Lipinski definition) is 1. The zero-order chi connectivity index (χ0) is 16.8. The number of aromatic nitrogens is 1. The zero-order valence-corrected chi connectivity index (χ0v) is 12.4. The van der Waals surface area contributed by atoms with Crippen molar-refractivity contribution >= 4 is 17.3 Å². The van der Waals surface area contributed by atoms with E-state index in [9.17, 15) is 19.7 Å². The lowest BCUT2D eigenvalue weighted by atomic mass is 10.3. The summed E-state index contributed by atoms with van der Waals surface area (Å²) in [6, 6.07) is 8.71. The number of nitro groups is 1. The molecule has 8 heteroatoms. The Bertz CT molecular complexity index is 785. The number of nitrogens with one attached hydrogen (secondary N) is 1. The van der Waals surface area contributed by atoms with E-state index < -0.39 is 16.4 Å². The third-order valence-corrected chi connectivity index (χ3v) is 2.94. The number of pyridine rings is 1. The Balaban J connectivity index is 2.11. The van der Waals surface area contributed by atoms with Crippen LogP contribution in [0.15, 0.2) is 47.4 Å². The molecule has 0 saturated heterocycles. The number of nitro benzene ring substituents is 1. The fraction of sp³-hybridized carbons (Fsp3) is 0.200. The summed E-state index contributed by atoms with van der Waals surface area (Å²) in [4.78, 5) is 34.2. The van der Waals surface area contributed by atoms with Crippen LogP contribution in [-0.2, 0) is 11.3 Å². The summed E-state index contributed by atoms with van der Waals surface area (Å²) >= 11 is 0. The van der Waals surface area contributed by atoms with Crippen LogP contribution in [0, 0.1) is 10.1 Å². The number of carbonyl (C=O) groups excluding carboxylic acids is 1. The fourth-order valence-electron chi connectivity index (χ4n) is 1.96. The molecular formula is C15H15N3O5. The Labute approximate surface area is 131 Å². The van der Waals surface area contributed by atoms with Gasteiger partial charge in [-0.25, -0.2) is 0 Å². The maximum atomic E-state index is 12.1. The van der Waals surface area contributed by atoms with Gasteiger partial charge < -0.3 is 14.6 Å². The highest BCUT2D eigenvalue weighted by Gasteiger charge is 2.10. The van der Waals surface area contributed by atoms with E-state index in [2.05, 4.69) is 5.32 Å². The average Bonchev–Trinajstić information content (AvgIpc) is 2.51. The standard InChI is InChI=1S/C15H15N3O5/c1-2-23-13-7-4-8-17(15(13)20)10-14(19)16-11-5-3-6-12(9-11)18(21)22/h3-9H,2,10H2,1H3,(H,16,19). The van der Waals surface area contributed by atoms with Gasteiger partial charge in [-0.05, 0) is 25.1 Å². The number of amides is 1. The minimum atomic E-state index is -0.550. The molecule has 0 aliphatic heterocycles. The van der Waals surface area contributed by atoms with E-state index in [-0.39, 0.29) is 18.0 Å². The van der Waals surface area contributed by atoms with Gasteiger partial charge in [-0.15, -0.1) is 0 Å². The predicted molar refractivity (Wildman–Crippen MR) is 83.6 cm³/mol. The van der Waals surface area contributed by atoms with Crippen LogP contribution in [0.1, 0.15) is 6.92 Å². The third kappa shape index (κ3) is 4.16. The second-order valence-electron chi connectivity index (χ2n) is 4.59. The highest BCUT2D eigenvalue weighted by atomic mass is 16.6. The van der Waals surface area contributed by atoms with E-state index in [0.717, 1.165) is 0 Å². The molecule has 0 spiro atoms. The molecule has 1 N–H and O–H groups in total. The third-order valence-electron chi connectivity index (χ3n) is 2.94. The van der Waals surface area contributed by atoms with Gasteiger partial charge in [0.25, 0.3) is 11.2 Å². The smallest absolute Gasteiger partial charge is 0.293 e. The van der Waals surface area contributed by atoms with Crippen LogP contribution in [0.5, 0.6) is 5.75 Å². The lowest BCUT2D eigenvalue weighted by Crippen LogP contribution is -2.28. The topological polar surface area (TPSA) is 103 Å². The highest BCUT2D eigenvalue weighted by Crippen LogP contribution is 2.16. The predicted octanol–water partition coefficient (Wildman–Crippen LogP) is 1.79. The normalized spacial score (nSPS) is 10.1. The van der Waals surface area contributed by atoms with Crippen LogP contribution in [0.2, 0.25) is 0 Å². The average molecular weight is 317 g/mol. The van der Waals surface area contributed by atoms with Crippen molar-refractivity contribution in [3.8, 4) is 5.75 Å². The summed E-state index contributed by atoms with van der Waals surface area (Å²) in [6.07, 6.45) is 1.47. The molecule has 0 saturated carbocycles. The fourth-order valence-corrected chi connectivity index (χ4v) is 1.96. The SMILES string of the molecule is CCOc1cccn(CC(=O)Nc2cccc([N+](=O)[O-])c2)c1=O. The van der Waals surface area contributed by atoms with Crippen LogP contribution in [0.25, 0.3) is 0 Å². The first-order valence-corrected chi connectivity index (χ1v) is 6.88. The monoisotopic (exact) mass is 317 g/mol. The number of hydrogen-bond acceptors (Lipinski definition) is 5. The van der Waals surface area contributed by atoms with Crippen molar-refractivity contribution in [1.82, 2.24) is 4.57 Å². The summed E-state index contributed by atoms with van der Waals surface area (Å²) in [5, 5.41) is 13.2. The maximum absolute atomic E-state index is 12.1. The highest BCUT2D eigenvalue weighted by molar-refractivity contribution is 5.90. The number of non-ortho nitro benzene ring substituents is 1. The number of anilines is 1. The van der Waals surface area contributed by atoms with Crippen molar-refractivity contribution < 1.29 is 14.5 Å². The molecular weight excluding hydrogens is 302 g/mol. The van der Waals surface area contributed by atoms with E-state index in [1.54, 1.807) is 13.0 Å². The summed E-state index contributed by atoms with van der Waals surface area (Å²) in [6.45, 7) is 1.88. The second-order valence-corrected chi connectivity index (χ2v) is 4.59. The molecule has 8 nitrogen and oxygen atoms in total. The summed E-state index contributed by atoms with van der Waals surface area (Å²) in [5.41, 5.74) is -0.250. The van der Waals surface area contributed by atoms with Gasteiger partial charge in [0.05, 0.1) is 11.5 Å². The Morgan fingerprint density at radius 2 is 2.13 bits per heavy atom. The first-order valence-electron chi connectivity index (χ1n) is 6.88. The van der Waals surface area contributed by atoms with E-state index in [4.69, 9.17) is 4.74 Å². The van der Waals surface area contributed by atoms with Crippen LogP contribution in [0.4, 0.5) is 11.4 Å². The number of ether oxygens (including phenoxy) is 1. The first-order chi connectivity index (χ1) is 11.0. The molecule has 0 atom stereocenters. The lowest BCUT2D eigenvalue weighted by molar-refractivity contribution is -0.384. The zero-order valence-electron chi connectivity index (χ0n) is 12.4. The molecule has 2 rings (SSSR count). The van der Waals surface area contributed by atoms with E-state index in [1.165, 1.54) is 41.1 Å². The van der Waals surface area contributed by atoms with Gasteiger partial charge in [0.1, 0.15) is 6.54 Å². The minimum absolute atomic E-state index is 0.127. The van der Waals surface area contributed by atoms with Crippen LogP contribution in [0.3, 0.4) is 0 Å². The van der Waals surface area contributed by atoms with Crippen molar-refractivity contribution in [3.05, 3.63) is 63.1 Å². The maximum Gasteiger partial charge on any atom is 0.293 e. The first kappa shape index (κ1) is 16.2. The van der Waals surface area contributed by atoms with Crippen LogP contribution in [-0.4, -0.2) is 22.0 Å². The van der Waals surface area contributed by atoms with Crippen molar-refractivity contribution in [3.63, 3.8) is 0 Å². The molecule has 0 bridgehead atoms. The van der Waals surface area contributed by atoms with Crippen LogP contribution < -0.4 is 15.6 Å². The van der Waals surface area contributed by atoms with Crippen molar-refractivity contribution in [2.45, 2.75) is 13.5 Å². The van der Waals surface area contributed by atoms with Gasteiger partial charge >= 0.3 is 0 Å². The van der Waals surface area contributed by atoms with Gasteiger partial charge in [-0.2, -0.15) is 0 Å². The molecule has 0 aliphatic rings. The van der Waals surface area contributed by atoms with Gasteiger partial charge in [0.2, 0.25) is 5.91 Å². The molecule has 0 fully saturated rings. The Morgan fingerprint density at radius 3 is 2.83 bits per heavy atom. The molecule has 1 amide bonds. The van der Waals surface area contributed by atoms with Crippen LogP contribution >= 0.6 is 0 Å². The number of nitrogens with zero attached hydrogens (tertiary/aromatic N) is 2. The van der Waals surface area contributed by atoms with Crippen molar-refractivity contribution in [1.29, 1.82) is 0 Å². The van der Waals surface area contributed by atoms with Gasteiger partial charge in [0.15, 0.2) is 5.75 Å². The molecule has 2 aromatic rings. The van der Waals surface area contributed by atoms with Crippen molar-refractivity contribution in [2.24, 2.45) is 0 Å². The van der Waals surface area contributed by atoms with E-state index >= 15 is 0 Å². The molecule has 0 unspecified atom stereocenters. The quantitative estimate of drug-likeness (QED) is 0.646. The molecule has 1 heterocycles. The number of carbonyl (C=O) groups is 1. The van der Waals surface area contributed by atoms with E-state index in [1.807, 2.05) is 0 Å². The summed E-state index contributed by atoms with van der Waals surface area (Å²) in [7, 11) is 0. The summed E-state index contributed by atoms with van der Waals surface area (Å²) < 4.78 is 6.39. The van der Waals surface area contributed by atoms with E-state index in [0.29, 0.717) is 12.3 Å². The number of benzene rings is 1. The van der Waals surface area contributed by atoms with Gasteiger partial charge in [-0.3, -0.25) is 19.7 Å². The molecule has 1 aromatic heterocycles. The van der Waals surface area contributed by atoms with Crippen molar-refractivity contribution in [2.75, 3.05) is 11.9 Å². The second kappa shape index (κ2) is 7.21. The Morgan fingerprint density at radius 1 is 1.35 bits per heavy atom. The van der Waals surface area contributed by atoms with Gasteiger partial charge in [-0.1, -0.05) is 6.07 Å².